The number of aryl methyl sites for hydroxylation is 1. The Bertz CT molecular complexity index is 815. The van der Waals surface area contributed by atoms with Crippen LogP contribution in [0.25, 0.3) is 10.9 Å². The Morgan fingerprint density at radius 1 is 1.09 bits per heavy atom. The second-order valence-corrected chi connectivity index (χ2v) is 5.95. The summed E-state index contributed by atoms with van der Waals surface area (Å²) in [7, 11) is 1.68. The molecule has 0 aliphatic rings. The maximum Gasteiger partial charge on any atom is 0.126 e. The molecule has 0 spiro atoms. The van der Waals surface area contributed by atoms with Gasteiger partial charge in [0.15, 0.2) is 0 Å². The quantitative estimate of drug-likeness (QED) is 0.727. The van der Waals surface area contributed by atoms with E-state index in [1.54, 1.807) is 7.11 Å². The van der Waals surface area contributed by atoms with Gasteiger partial charge in [-0.15, -0.1) is 0 Å². The highest BCUT2D eigenvalue weighted by molar-refractivity contribution is 6.31. The fourth-order valence-corrected chi connectivity index (χ4v) is 2.76. The fourth-order valence-electron chi connectivity index (χ4n) is 2.59. The van der Waals surface area contributed by atoms with Crippen LogP contribution >= 0.6 is 11.6 Å². The van der Waals surface area contributed by atoms with Gasteiger partial charge in [-0.25, -0.2) is 4.98 Å². The van der Waals surface area contributed by atoms with Crippen LogP contribution in [0.1, 0.15) is 11.1 Å². The number of methoxy groups -OCH3 is 1. The van der Waals surface area contributed by atoms with E-state index >= 15 is 0 Å². The number of rotatable bonds is 5. The van der Waals surface area contributed by atoms with E-state index in [1.165, 1.54) is 11.1 Å². The van der Waals surface area contributed by atoms with Crippen LogP contribution < -0.4 is 10.1 Å². The normalized spacial score (nSPS) is 10.7. The molecule has 0 saturated carbocycles. The highest BCUT2D eigenvalue weighted by Crippen LogP contribution is 2.23. The van der Waals surface area contributed by atoms with Crippen LogP contribution in [0.15, 0.2) is 48.5 Å². The van der Waals surface area contributed by atoms with Gasteiger partial charge in [0.05, 0.1) is 12.6 Å². The molecule has 118 valence electrons. The average Bonchev–Trinajstić information content (AvgIpc) is 2.55. The van der Waals surface area contributed by atoms with Gasteiger partial charge in [0, 0.05) is 17.0 Å². The Kier molecular flexibility index (Phi) is 4.68. The highest BCUT2D eigenvalue weighted by atomic mass is 35.5. The van der Waals surface area contributed by atoms with Crippen LogP contribution in [0.2, 0.25) is 5.02 Å². The van der Waals surface area contributed by atoms with Crippen molar-refractivity contribution in [3.63, 3.8) is 0 Å². The molecule has 0 aliphatic heterocycles. The Hall–Kier alpha value is -2.26. The van der Waals surface area contributed by atoms with Gasteiger partial charge in [0.25, 0.3) is 0 Å². The zero-order valence-corrected chi connectivity index (χ0v) is 14.0. The standard InChI is InChI=1S/C19H19ClN2O/c1-13-11-19(22-18-12-15(20)5-8-17(13)18)21-10-9-14-3-6-16(23-2)7-4-14/h3-8,11-12H,9-10H2,1-2H3,(H,21,22). The van der Waals surface area contributed by atoms with E-state index in [0.29, 0.717) is 5.02 Å². The van der Waals surface area contributed by atoms with Gasteiger partial charge in [-0.2, -0.15) is 0 Å². The molecule has 23 heavy (non-hydrogen) atoms. The summed E-state index contributed by atoms with van der Waals surface area (Å²) in [4.78, 5) is 4.64. The molecular formula is C19H19ClN2O. The van der Waals surface area contributed by atoms with Crippen molar-refractivity contribution in [1.29, 1.82) is 0 Å². The number of nitrogens with zero attached hydrogens (tertiary/aromatic N) is 1. The molecule has 1 heterocycles. The van der Waals surface area contributed by atoms with Crippen molar-refractivity contribution in [2.75, 3.05) is 19.0 Å². The minimum atomic E-state index is 0.708. The summed E-state index contributed by atoms with van der Waals surface area (Å²) in [5.74, 6) is 1.76. The minimum absolute atomic E-state index is 0.708. The van der Waals surface area contributed by atoms with E-state index in [2.05, 4.69) is 35.4 Å². The summed E-state index contributed by atoms with van der Waals surface area (Å²) in [5, 5.41) is 5.23. The summed E-state index contributed by atoms with van der Waals surface area (Å²) in [5.41, 5.74) is 3.38. The van der Waals surface area contributed by atoms with Crippen molar-refractivity contribution in [2.24, 2.45) is 0 Å². The van der Waals surface area contributed by atoms with E-state index in [4.69, 9.17) is 16.3 Å². The van der Waals surface area contributed by atoms with Crippen LogP contribution in [0.3, 0.4) is 0 Å². The van der Waals surface area contributed by atoms with Crippen molar-refractivity contribution in [3.8, 4) is 5.75 Å². The molecule has 0 amide bonds. The molecule has 3 rings (SSSR count). The number of pyridine rings is 1. The third kappa shape index (κ3) is 3.74. The van der Waals surface area contributed by atoms with Crippen LogP contribution in [-0.2, 0) is 6.42 Å². The SMILES string of the molecule is COc1ccc(CCNc2cc(C)c3ccc(Cl)cc3n2)cc1. The van der Waals surface area contributed by atoms with Crippen LogP contribution in [0.4, 0.5) is 5.82 Å². The molecule has 1 aromatic heterocycles. The minimum Gasteiger partial charge on any atom is -0.497 e. The monoisotopic (exact) mass is 326 g/mol. The first kappa shape index (κ1) is 15.6. The van der Waals surface area contributed by atoms with E-state index in [1.807, 2.05) is 30.3 Å². The van der Waals surface area contributed by atoms with Gasteiger partial charge in [0.2, 0.25) is 0 Å². The Morgan fingerprint density at radius 2 is 1.87 bits per heavy atom. The number of nitrogens with one attached hydrogen (secondary N) is 1. The summed E-state index contributed by atoms with van der Waals surface area (Å²) >= 11 is 6.06. The molecule has 0 atom stereocenters. The average molecular weight is 327 g/mol. The van der Waals surface area contributed by atoms with Crippen LogP contribution in [0.5, 0.6) is 5.75 Å². The van der Waals surface area contributed by atoms with E-state index in [9.17, 15) is 0 Å². The molecule has 4 heteroatoms. The maximum atomic E-state index is 6.06. The fraction of sp³-hybridized carbons (Fsp3) is 0.211. The molecule has 2 aromatic carbocycles. The molecule has 1 N–H and O–H groups in total. The number of aromatic nitrogens is 1. The third-order valence-corrected chi connectivity index (χ3v) is 4.09. The van der Waals surface area contributed by atoms with Gasteiger partial charge in [0.1, 0.15) is 11.6 Å². The first-order chi connectivity index (χ1) is 11.2. The lowest BCUT2D eigenvalue weighted by molar-refractivity contribution is 0.414. The first-order valence-corrected chi connectivity index (χ1v) is 7.97. The number of anilines is 1. The molecule has 0 fully saturated rings. The lowest BCUT2D eigenvalue weighted by Crippen LogP contribution is -2.06. The molecule has 0 unspecified atom stereocenters. The number of ether oxygens (including phenoxy) is 1. The zero-order valence-electron chi connectivity index (χ0n) is 13.3. The van der Waals surface area contributed by atoms with Gasteiger partial charge >= 0.3 is 0 Å². The van der Waals surface area contributed by atoms with Crippen molar-refractivity contribution >= 4 is 28.3 Å². The van der Waals surface area contributed by atoms with Crippen molar-refractivity contribution < 1.29 is 4.74 Å². The lowest BCUT2D eigenvalue weighted by Gasteiger charge is -2.10. The van der Waals surface area contributed by atoms with E-state index in [0.717, 1.165) is 35.4 Å². The topological polar surface area (TPSA) is 34.1 Å². The lowest BCUT2D eigenvalue weighted by atomic mass is 10.1. The van der Waals surface area contributed by atoms with Crippen molar-refractivity contribution in [3.05, 3.63) is 64.7 Å². The predicted octanol–water partition coefficient (Wildman–Crippen LogP) is 4.86. The van der Waals surface area contributed by atoms with Gasteiger partial charge in [-0.1, -0.05) is 29.8 Å². The van der Waals surface area contributed by atoms with Gasteiger partial charge in [-0.3, -0.25) is 0 Å². The van der Waals surface area contributed by atoms with Crippen LogP contribution in [-0.4, -0.2) is 18.6 Å². The number of fused-ring (bicyclic) bond motifs is 1. The highest BCUT2D eigenvalue weighted by Gasteiger charge is 2.03. The molecule has 3 nitrogen and oxygen atoms in total. The molecule has 0 bridgehead atoms. The van der Waals surface area contributed by atoms with Crippen molar-refractivity contribution in [1.82, 2.24) is 4.98 Å². The smallest absolute Gasteiger partial charge is 0.126 e. The Balaban J connectivity index is 1.69. The Labute approximate surface area is 141 Å². The molecule has 0 radical (unpaired) electrons. The number of hydrogen-bond donors (Lipinski definition) is 1. The van der Waals surface area contributed by atoms with Crippen LogP contribution in [0, 0.1) is 6.92 Å². The second kappa shape index (κ2) is 6.88. The predicted molar refractivity (Wildman–Crippen MR) is 96.7 cm³/mol. The van der Waals surface area contributed by atoms with Crippen molar-refractivity contribution in [2.45, 2.75) is 13.3 Å². The summed E-state index contributed by atoms with van der Waals surface area (Å²) in [6.45, 7) is 2.91. The van der Waals surface area contributed by atoms with Gasteiger partial charge < -0.3 is 10.1 Å². The summed E-state index contributed by atoms with van der Waals surface area (Å²) in [6, 6.07) is 16.0. The number of hydrogen-bond acceptors (Lipinski definition) is 3. The Morgan fingerprint density at radius 3 is 2.61 bits per heavy atom. The zero-order chi connectivity index (χ0) is 16.2. The third-order valence-electron chi connectivity index (χ3n) is 3.86. The van der Waals surface area contributed by atoms with E-state index < -0.39 is 0 Å². The first-order valence-electron chi connectivity index (χ1n) is 7.59. The van der Waals surface area contributed by atoms with E-state index in [-0.39, 0.29) is 0 Å². The molecular weight excluding hydrogens is 308 g/mol. The molecule has 0 aliphatic carbocycles. The number of benzene rings is 2. The summed E-state index contributed by atoms with van der Waals surface area (Å²) in [6.07, 6.45) is 0.929. The maximum absolute atomic E-state index is 6.06. The second-order valence-electron chi connectivity index (χ2n) is 5.51. The molecule has 3 aromatic rings. The van der Waals surface area contributed by atoms with Gasteiger partial charge in [-0.05, 0) is 54.8 Å². The molecule has 0 saturated heterocycles. The number of halogens is 1. The largest absolute Gasteiger partial charge is 0.497 e. The summed E-state index contributed by atoms with van der Waals surface area (Å²) < 4.78 is 5.17.